The van der Waals surface area contributed by atoms with E-state index in [9.17, 15) is 0 Å². The summed E-state index contributed by atoms with van der Waals surface area (Å²) in [7, 11) is 0. The Hall–Kier alpha value is -0.417. The van der Waals surface area contributed by atoms with Gasteiger partial charge in [-0.15, -0.1) is 0 Å². The van der Waals surface area contributed by atoms with Gasteiger partial charge in [0.15, 0.2) is 0 Å². The van der Waals surface area contributed by atoms with Crippen LogP contribution < -0.4 is 0 Å². The molecule has 23 heavy (non-hydrogen) atoms. The molecule has 0 atom stereocenters. The Morgan fingerprint density at radius 3 is 1.09 bits per heavy atom. The van der Waals surface area contributed by atoms with Crippen molar-refractivity contribution in [2.24, 2.45) is 0 Å². The van der Waals surface area contributed by atoms with Crippen molar-refractivity contribution < 1.29 is 26.2 Å². The summed E-state index contributed by atoms with van der Waals surface area (Å²) in [6.45, 7) is 14.5. The topological polar surface area (TPSA) is 0 Å². The fourth-order valence-electron chi connectivity index (χ4n) is 1.92. The third kappa shape index (κ3) is 17.8. The third-order valence-electron chi connectivity index (χ3n) is 3.10. The third-order valence-corrected chi connectivity index (χ3v) is 3.10. The quantitative estimate of drug-likeness (QED) is 0.458. The van der Waals surface area contributed by atoms with Crippen molar-refractivity contribution in [1.82, 2.24) is 0 Å². The Labute approximate surface area is 165 Å². The zero-order valence-electron chi connectivity index (χ0n) is 15.8. The van der Waals surface area contributed by atoms with E-state index in [4.69, 9.17) is 0 Å². The second kappa shape index (κ2) is 23.8. The standard InChI is InChI=1S/2C9H13.2C2H5.Zr/c2*1-2-3-6-9-7-4-5-8-9;2*1-2;/h2*4-5,7-8H,2-3,6H2,1H3;2*1H2,2H3;/q4*-1;+4. The summed E-state index contributed by atoms with van der Waals surface area (Å²) >= 11 is 0. The van der Waals surface area contributed by atoms with Gasteiger partial charge in [0.25, 0.3) is 0 Å². The first kappa shape index (κ1) is 27.4. The van der Waals surface area contributed by atoms with Crippen molar-refractivity contribution in [2.75, 3.05) is 0 Å². The molecular formula is C22H36Zr. The maximum atomic E-state index is 3.25. The second-order valence-corrected chi connectivity index (χ2v) is 4.79. The van der Waals surface area contributed by atoms with Crippen LogP contribution in [-0.2, 0) is 39.0 Å². The van der Waals surface area contributed by atoms with Crippen LogP contribution >= 0.6 is 0 Å². The first-order valence-corrected chi connectivity index (χ1v) is 8.69. The van der Waals surface area contributed by atoms with E-state index in [0.29, 0.717) is 0 Å². The van der Waals surface area contributed by atoms with Gasteiger partial charge in [0, 0.05) is 0 Å². The number of rotatable bonds is 6. The molecule has 0 unspecified atom stereocenters. The van der Waals surface area contributed by atoms with Crippen LogP contribution in [0.5, 0.6) is 0 Å². The van der Waals surface area contributed by atoms with Crippen LogP contribution in [0.1, 0.15) is 64.5 Å². The SMILES string of the molecule is CCCC[c-]1cccc1.CCCC[c-]1cccc1.[CH2-]C.[CH2-]C.[Zr+4]. The Morgan fingerprint density at radius 2 is 0.870 bits per heavy atom. The minimum absolute atomic E-state index is 0. The number of hydrogen-bond acceptors (Lipinski definition) is 0. The molecule has 1 heteroatoms. The van der Waals surface area contributed by atoms with Crippen molar-refractivity contribution in [1.29, 1.82) is 0 Å². The van der Waals surface area contributed by atoms with Crippen LogP contribution in [0.25, 0.3) is 0 Å². The Kier molecular flexibility index (Phi) is 28.4. The van der Waals surface area contributed by atoms with E-state index in [-0.39, 0.29) is 26.2 Å². The first-order valence-electron chi connectivity index (χ1n) is 8.69. The van der Waals surface area contributed by atoms with Gasteiger partial charge in [-0.05, 0) is 0 Å². The molecule has 0 fully saturated rings. The van der Waals surface area contributed by atoms with Gasteiger partial charge in [-0.3, -0.25) is 0 Å². The molecule has 0 spiro atoms. The molecule has 2 rings (SSSR count). The van der Waals surface area contributed by atoms with Crippen molar-refractivity contribution in [3.8, 4) is 0 Å². The molecule has 0 aliphatic carbocycles. The molecular weight excluding hydrogens is 355 g/mol. The smallest absolute Gasteiger partial charge is 0.346 e. The van der Waals surface area contributed by atoms with Crippen LogP contribution in [0.3, 0.4) is 0 Å². The second-order valence-electron chi connectivity index (χ2n) is 4.79. The average molecular weight is 392 g/mol. The number of unbranched alkanes of at least 4 members (excludes halogenated alkanes) is 2. The predicted octanol–water partition coefficient (Wildman–Crippen LogP) is 7.17. The predicted molar refractivity (Wildman–Crippen MR) is 103 cm³/mol. The van der Waals surface area contributed by atoms with Crippen molar-refractivity contribution in [3.05, 3.63) is 73.5 Å². The van der Waals surface area contributed by atoms with E-state index in [2.05, 4.69) is 76.2 Å². The van der Waals surface area contributed by atoms with Crippen LogP contribution in [0, 0.1) is 13.8 Å². The maximum Gasteiger partial charge on any atom is 4.00 e. The normalized spacial score (nSPS) is 8.26. The van der Waals surface area contributed by atoms with Gasteiger partial charge in [-0.2, -0.15) is 49.2 Å². The van der Waals surface area contributed by atoms with E-state index in [0.717, 1.165) is 0 Å². The fraction of sp³-hybridized carbons (Fsp3) is 0.455. The Bertz CT molecular complexity index is 318. The van der Waals surface area contributed by atoms with Crippen LogP contribution in [0.15, 0.2) is 48.5 Å². The van der Waals surface area contributed by atoms with Gasteiger partial charge in [0.1, 0.15) is 0 Å². The molecule has 128 valence electrons. The fourth-order valence-corrected chi connectivity index (χ4v) is 1.92. The molecule has 0 aromatic heterocycles. The summed E-state index contributed by atoms with van der Waals surface area (Å²) in [4.78, 5) is 0. The van der Waals surface area contributed by atoms with Crippen LogP contribution in [0.2, 0.25) is 0 Å². The summed E-state index contributed by atoms with van der Waals surface area (Å²) in [5, 5.41) is 0. The molecule has 2 aromatic carbocycles. The van der Waals surface area contributed by atoms with Gasteiger partial charge in [0.05, 0.1) is 0 Å². The number of aryl methyl sites for hydroxylation is 2. The average Bonchev–Trinajstić information content (AvgIpc) is 3.29. The maximum absolute atomic E-state index is 3.25. The summed E-state index contributed by atoms with van der Waals surface area (Å²) in [5.74, 6) is 0. The summed E-state index contributed by atoms with van der Waals surface area (Å²) in [6, 6.07) is 17.2. The van der Waals surface area contributed by atoms with Crippen LogP contribution in [0.4, 0.5) is 0 Å². The molecule has 0 aliphatic rings. The van der Waals surface area contributed by atoms with Crippen molar-refractivity contribution in [3.63, 3.8) is 0 Å². The molecule has 0 saturated heterocycles. The zero-order valence-corrected chi connectivity index (χ0v) is 18.2. The Morgan fingerprint density at radius 1 is 0.609 bits per heavy atom. The van der Waals surface area contributed by atoms with Crippen LogP contribution in [-0.4, -0.2) is 0 Å². The molecule has 0 amide bonds. The molecule has 0 heterocycles. The minimum atomic E-state index is 0. The van der Waals surface area contributed by atoms with Crippen molar-refractivity contribution in [2.45, 2.75) is 66.2 Å². The Balaban J connectivity index is -0.000000276. The van der Waals surface area contributed by atoms with E-state index in [1.807, 2.05) is 0 Å². The molecule has 0 saturated carbocycles. The van der Waals surface area contributed by atoms with E-state index >= 15 is 0 Å². The molecule has 2 aromatic rings. The van der Waals surface area contributed by atoms with E-state index < -0.39 is 0 Å². The number of hydrogen-bond donors (Lipinski definition) is 0. The summed E-state index contributed by atoms with van der Waals surface area (Å²) < 4.78 is 0. The minimum Gasteiger partial charge on any atom is -0.346 e. The summed E-state index contributed by atoms with van der Waals surface area (Å²) in [5.41, 5.74) is 2.97. The van der Waals surface area contributed by atoms with Gasteiger partial charge < -0.3 is 13.8 Å². The zero-order chi connectivity index (χ0) is 17.1. The van der Waals surface area contributed by atoms with Gasteiger partial charge >= 0.3 is 26.2 Å². The molecule has 0 radical (unpaired) electrons. The first-order chi connectivity index (χ1) is 10.9. The van der Waals surface area contributed by atoms with E-state index in [1.54, 1.807) is 13.8 Å². The molecule has 0 aliphatic heterocycles. The molecule has 0 bridgehead atoms. The summed E-state index contributed by atoms with van der Waals surface area (Å²) in [6.07, 6.45) is 7.75. The van der Waals surface area contributed by atoms with Crippen molar-refractivity contribution >= 4 is 0 Å². The van der Waals surface area contributed by atoms with Gasteiger partial charge in [-0.1, -0.05) is 52.4 Å². The largest absolute Gasteiger partial charge is 4.00 e. The molecule has 0 nitrogen and oxygen atoms in total. The van der Waals surface area contributed by atoms with E-state index in [1.165, 1.54) is 49.7 Å². The van der Waals surface area contributed by atoms with Gasteiger partial charge in [-0.25, -0.2) is 24.3 Å². The van der Waals surface area contributed by atoms with Gasteiger partial charge in [0.2, 0.25) is 0 Å². The molecule has 0 N–H and O–H groups in total. The monoisotopic (exact) mass is 390 g/mol.